The molecular formula is C23H26N4O4S. The van der Waals surface area contributed by atoms with Crippen LogP contribution in [0.2, 0.25) is 0 Å². The molecular weight excluding hydrogens is 428 g/mol. The highest BCUT2D eigenvalue weighted by Crippen LogP contribution is 2.26. The number of aromatic amines is 1. The van der Waals surface area contributed by atoms with E-state index < -0.39 is 10.0 Å². The summed E-state index contributed by atoms with van der Waals surface area (Å²) in [5.41, 5.74) is 2.62. The minimum Gasteiger partial charge on any atom is -0.322 e. The zero-order valence-corrected chi connectivity index (χ0v) is 18.9. The number of H-pyrrole nitrogens is 1. The van der Waals surface area contributed by atoms with Gasteiger partial charge in [0.15, 0.2) is 0 Å². The number of amides is 1. The van der Waals surface area contributed by atoms with Crippen molar-refractivity contribution in [2.75, 3.05) is 18.4 Å². The topological polar surface area (TPSA) is 104 Å². The van der Waals surface area contributed by atoms with Gasteiger partial charge in [0, 0.05) is 36.2 Å². The van der Waals surface area contributed by atoms with Crippen molar-refractivity contribution in [2.24, 2.45) is 0 Å². The van der Waals surface area contributed by atoms with E-state index in [1.54, 1.807) is 49.5 Å². The van der Waals surface area contributed by atoms with E-state index in [2.05, 4.69) is 10.3 Å². The lowest BCUT2D eigenvalue weighted by atomic mass is 10.1. The molecule has 0 bridgehead atoms. The number of aryl methyl sites for hydroxylation is 2. The van der Waals surface area contributed by atoms with Crippen LogP contribution in [0.15, 0.2) is 58.4 Å². The molecule has 9 heteroatoms. The predicted octanol–water partition coefficient (Wildman–Crippen LogP) is 3.21. The van der Waals surface area contributed by atoms with Crippen molar-refractivity contribution in [3.05, 3.63) is 76.0 Å². The van der Waals surface area contributed by atoms with E-state index in [4.69, 9.17) is 0 Å². The summed E-state index contributed by atoms with van der Waals surface area (Å²) in [5.74, 6) is -0.361. The Hall–Kier alpha value is -3.17. The highest BCUT2D eigenvalue weighted by Gasteiger charge is 2.27. The number of imidazole rings is 1. The first-order valence-electron chi connectivity index (χ1n) is 10.6. The normalized spacial score (nSPS) is 14.9. The second-order valence-corrected chi connectivity index (χ2v) is 9.92. The third kappa shape index (κ3) is 4.26. The molecule has 0 spiro atoms. The quantitative estimate of drug-likeness (QED) is 0.618. The monoisotopic (exact) mass is 454 g/mol. The summed E-state index contributed by atoms with van der Waals surface area (Å²) in [5, 5.41) is 2.78. The molecule has 0 unspecified atom stereocenters. The Morgan fingerprint density at radius 3 is 2.31 bits per heavy atom. The van der Waals surface area contributed by atoms with Crippen LogP contribution >= 0.6 is 0 Å². The molecule has 1 fully saturated rings. The van der Waals surface area contributed by atoms with Crippen LogP contribution in [0, 0.1) is 13.8 Å². The lowest BCUT2D eigenvalue weighted by Crippen LogP contribution is -2.36. The Morgan fingerprint density at radius 1 is 1.00 bits per heavy atom. The summed E-state index contributed by atoms with van der Waals surface area (Å²) in [6.07, 6.45) is 4.38. The highest BCUT2D eigenvalue weighted by atomic mass is 32.2. The Kier molecular flexibility index (Phi) is 6.03. The Morgan fingerprint density at radius 2 is 1.69 bits per heavy atom. The number of rotatable bonds is 5. The fourth-order valence-electron chi connectivity index (χ4n) is 3.94. The van der Waals surface area contributed by atoms with Gasteiger partial charge in [-0.3, -0.25) is 9.36 Å². The molecule has 2 N–H and O–H groups in total. The van der Waals surface area contributed by atoms with Gasteiger partial charge in [0.1, 0.15) is 0 Å². The molecule has 1 aliphatic rings. The molecule has 32 heavy (non-hydrogen) atoms. The minimum atomic E-state index is -3.61. The number of hydrogen-bond acceptors (Lipinski definition) is 4. The fourth-order valence-corrected chi connectivity index (χ4v) is 5.71. The number of carbonyl (C=O) groups excluding carboxylic acids is 1. The Labute approximate surface area is 186 Å². The molecule has 4 rings (SSSR count). The van der Waals surface area contributed by atoms with E-state index in [0.29, 0.717) is 35.6 Å². The fraction of sp³-hybridized carbons (Fsp3) is 0.304. The maximum atomic E-state index is 13.1. The molecule has 1 aromatic heterocycles. The van der Waals surface area contributed by atoms with Crippen LogP contribution in [-0.2, 0) is 10.0 Å². The lowest BCUT2D eigenvalue weighted by molar-refractivity contribution is 0.102. The summed E-state index contributed by atoms with van der Waals surface area (Å²) in [4.78, 5) is 27.5. The van der Waals surface area contributed by atoms with Gasteiger partial charge >= 0.3 is 5.69 Å². The van der Waals surface area contributed by atoms with Gasteiger partial charge in [0.05, 0.1) is 10.6 Å². The average Bonchev–Trinajstić information content (AvgIpc) is 3.13. The van der Waals surface area contributed by atoms with Gasteiger partial charge in [-0.25, -0.2) is 13.2 Å². The summed E-state index contributed by atoms with van der Waals surface area (Å²) in [6, 6.07) is 11.6. The number of carbonyl (C=O) groups is 1. The largest absolute Gasteiger partial charge is 0.330 e. The molecule has 8 nitrogen and oxygen atoms in total. The van der Waals surface area contributed by atoms with Crippen molar-refractivity contribution in [3.8, 4) is 5.69 Å². The van der Waals surface area contributed by atoms with Crippen LogP contribution in [-0.4, -0.2) is 41.3 Å². The first kappa shape index (κ1) is 22.0. The van der Waals surface area contributed by atoms with Crippen LogP contribution in [0.25, 0.3) is 5.69 Å². The van der Waals surface area contributed by atoms with Gasteiger partial charge < -0.3 is 10.3 Å². The second kappa shape index (κ2) is 8.76. The van der Waals surface area contributed by atoms with Gasteiger partial charge in [-0.1, -0.05) is 12.5 Å². The van der Waals surface area contributed by atoms with Crippen LogP contribution in [0.1, 0.15) is 40.9 Å². The van der Waals surface area contributed by atoms with Crippen LogP contribution < -0.4 is 11.0 Å². The van der Waals surface area contributed by atoms with E-state index in [9.17, 15) is 18.0 Å². The van der Waals surface area contributed by atoms with E-state index in [0.717, 1.165) is 25.0 Å². The zero-order valence-electron chi connectivity index (χ0n) is 18.1. The first-order chi connectivity index (χ1) is 15.3. The average molecular weight is 455 g/mol. The molecule has 0 saturated carbocycles. The van der Waals surface area contributed by atoms with Crippen molar-refractivity contribution in [1.82, 2.24) is 13.9 Å². The number of aromatic nitrogens is 2. The number of anilines is 1. The summed E-state index contributed by atoms with van der Waals surface area (Å²) in [7, 11) is -3.61. The van der Waals surface area contributed by atoms with Gasteiger partial charge in [0.25, 0.3) is 5.91 Å². The predicted molar refractivity (Wildman–Crippen MR) is 123 cm³/mol. The number of sulfonamides is 1. The third-order valence-electron chi connectivity index (χ3n) is 5.73. The molecule has 168 valence electrons. The summed E-state index contributed by atoms with van der Waals surface area (Å²) < 4.78 is 29.2. The van der Waals surface area contributed by atoms with E-state index in [1.165, 1.54) is 14.9 Å². The Bertz CT molecular complexity index is 1300. The van der Waals surface area contributed by atoms with Gasteiger partial charge in [-0.2, -0.15) is 4.31 Å². The van der Waals surface area contributed by atoms with Crippen LogP contribution in [0.3, 0.4) is 0 Å². The molecule has 2 aromatic carbocycles. The van der Waals surface area contributed by atoms with Crippen molar-refractivity contribution >= 4 is 21.6 Å². The zero-order chi connectivity index (χ0) is 22.9. The van der Waals surface area contributed by atoms with E-state index in [-0.39, 0.29) is 16.5 Å². The maximum Gasteiger partial charge on any atom is 0.330 e. The van der Waals surface area contributed by atoms with Crippen molar-refractivity contribution in [2.45, 2.75) is 38.0 Å². The summed E-state index contributed by atoms with van der Waals surface area (Å²) in [6.45, 7) is 4.61. The maximum absolute atomic E-state index is 13.1. The van der Waals surface area contributed by atoms with Crippen LogP contribution in [0.5, 0.6) is 0 Å². The highest BCUT2D eigenvalue weighted by molar-refractivity contribution is 7.89. The third-order valence-corrected chi connectivity index (χ3v) is 7.77. The second-order valence-electron chi connectivity index (χ2n) is 8.02. The first-order valence-corrected chi connectivity index (χ1v) is 12.0. The standard InChI is InChI=1S/C23H26N4O4S/c1-16-6-9-19(14-21(16)32(30,31)26-12-4-3-5-13-26)25-22(28)18-7-10-20(11-8-18)27-17(2)15-24-23(27)29/h6-11,14-15H,3-5,12-13H2,1-2H3,(H,24,29)(H,25,28). The van der Waals surface area contributed by atoms with Crippen molar-refractivity contribution < 1.29 is 13.2 Å². The number of nitrogens with zero attached hydrogens (tertiary/aromatic N) is 2. The SMILES string of the molecule is Cc1ccc(NC(=O)c2ccc(-n3c(C)c[nH]c3=O)cc2)cc1S(=O)(=O)N1CCCCC1. The summed E-state index contributed by atoms with van der Waals surface area (Å²) >= 11 is 0. The van der Waals surface area contributed by atoms with Gasteiger partial charge in [0.2, 0.25) is 10.0 Å². The lowest BCUT2D eigenvalue weighted by Gasteiger charge is -2.26. The molecule has 1 aliphatic heterocycles. The van der Waals surface area contributed by atoms with E-state index in [1.807, 2.05) is 6.92 Å². The molecule has 0 atom stereocenters. The molecule has 1 amide bonds. The molecule has 3 aromatic rings. The number of nitrogens with one attached hydrogen (secondary N) is 2. The smallest absolute Gasteiger partial charge is 0.322 e. The minimum absolute atomic E-state index is 0.217. The van der Waals surface area contributed by atoms with E-state index >= 15 is 0 Å². The molecule has 1 saturated heterocycles. The molecule has 0 radical (unpaired) electrons. The number of piperidine rings is 1. The van der Waals surface area contributed by atoms with Gasteiger partial charge in [-0.05, 0) is 68.7 Å². The van der Waals surface area contributed by atoms with Crippen LogP contribution in [0.4, 0.5) is 5.69 Å². The van der Waals surface area contributed by atoms with Gasteiger partial charge in [-0.15, -0.1) is 0 Å². The molecule has 2 heterocycles. The molecule has 0 aliphatic carbocycles. The van der Waals surface area contributed by atoms with Crippen molar-refractivity contribution in [1.29, 1.82) is 0 Å². The Balaban J connectivity index is 1.55. The van der Waals surface area contributed by atoms with Crippen molar-refractivity contribution in [3.63, 3.8) is 0 Å². The number of hydrogen-bond donors (Lipinski definition) is 2. The number of benzene rings is 2.